The van der Waals surface area contributed by atoms with Crippen LogP contribution >= 0.6 is 11.6 Å². The van der Waals surface area contributed by atoms with Crippen molar-refractivity contribution in [2.75, 3.05) is 13.6 Å². The third-order valence-corrected chi connectivity index (χ3v) is 6.07. The second kappa shape index (κ2) is 10.9. The first-order valence-electron chi connectivity index (χ1n) is 10.6. The molecule has 3 aromatic carbocycles. The minimum atomic E-state index is -4.39. The Hall–Kier alpha value is -2.83. The first-order chi connectivity index (χ1) is 15.7. The summed E-state index contributed by atoms with van der Waals surface area (Å²) in [5.41, 5.74) is 2.77. The number of carbonyl (C=O) groups is 1. The van der Waals surface area contributed by atoms with Crippen LogP contribution in [0.25, 0.3) is 0 Å². The molecule has 0 aliphatic carbocycles. The van der Waals surface area contributed by atoms with Gasteiger partial charge < -0.3 is 10.6 Å². The highest BCUT2D eigenvalue weighted by Gasteiger charge is 2.30. The van der Waals surface area contributed by atoms with Crippen molar-refractivity contribution in [2.45, 2.75) is 31.5 Å². The van der Waals surface area contributed by atoms with Crippen LogP contribution in [0.2, 0.25) is 5.02 Å². The van der Waals surface area contributed by atoms with Gasteiger partial charge in [-0.3, -0.25) is 4.79 Å². The number of benzene rings is 3. The molecule has 0 radical (unpaired) electrons. The Bertz CT molecular complexity index is 1070. The lowest BCUT2D eigenvalue weighted by Gasteiger charge is -2.22. The molecule has 0 saturated heterocycles. The minimum Gasteiger partial charge on any atom is -0.358 e. The molecule has 0 aromatic heterocycles. The van der Waals surface area contributed by atoms with Gasteiger partial charge in [0.1, 0.15) is 6.04 Å². The predicted octanol–water partition coefficient (Wildman–Crippen LogP) is 6.27. The molecular formula is C26H26ClF3N2O. The van der Waals surface area contributed by atoms with E-state index in [0.29, 0.717) is 18.0 Å². The first-order valence-corrected chi connectivity index (χ1v) is 11.0. The van der Waals surface area contributed by atoms with Crippen LogP contribution < -0.4 is 10.6 Å². The normalized spacial score (nSPS) is 13.4. The SMILES string of the molecule is CNC(=O)[C@H](NCC[C@@H](c1ccc(C(F)(F)F)cc1)c1ccc(Cl)c(C)c1)c1ccccc1. The maximum Gasteiger partial charge on any atom is 0.416 e. The summed E-state index contributed by atoms with van der Waals surface area (Å²) in [7, 11) is 1.58. The third-order valence-electron chi connectivity index (χ3n) is 5.65. The monoisotopic (exact) mass is 474 g/mol. The predicted molar refractivity (Wildman–Crippen MR) is 125 cm³/mol. The molecule has 3 rings (SSSR count). The molecule has 174 valence electrons. The Balaban J connectivity index is 1.85. The number of rotatable bonds is 8. The lowest BCUT2D eigenvalue weighted by atomic mass is 9.87. The molecule has 2 atom stereocenters. The van der Waals surface area contributed by atoms with Gasteiger partial charge in [-0.05, 0) is 60.3 Å². The van der Waals surface area contributed by atoms with E-state index >= 15 is 0 Å². The van der Waals surface area contributed by atoms with Crippen molar-refractivity contribution < 1.29 is 18.0 Å². The van der Waals surface area contributed by atoms with Crippen molar-refractivity contribution in [3.63, 3.8) is 0 Å². The Morgan fingerprint density at radius 1 is 0.939 bits per heavy atom. The second-order valence-corrected chi connectivity index (χ2v) is 8.29. The van der Waals surface area contributed by atoms with Gasteiger partial charge in [0.05, 0.1) is 5.56 Å². The van der Waals surface area contributed by atoms with Gasteiger partial charge in [-0.25, -0.2) is 0 Å². The van der Waals surface area contributed by atoms with Gasteiger partial charge in [0, 0.05) is 18.0 Å². The summed E-state index contributed by atoms with van der Waals surface area (Å²) in [6, 6.07) is 19.7. The molecule has 0 saturated carbocycles. The zero-order chi connectivity index (χ0) is 24.0. The van der Waals surface area contributed by atoms with Crippen molar-refractivity contribution in [3.05, 3.63) is 106 Å². The molecule has 33 heavy (non-hydrogen) atoms. The maximum atomic E-state index is 13.0. The highest BCUT2D eigenvalue weighted by Crippen LogP contribution is 2.34. The van der Waals surface area contributed by atoms with E-state index in [1.807, 2.05) is 49.4 Å². The molecule has 0 aliphatic heterocycles. The first kappa shape index (κ1) is 24.8. The number of hydrogen-bond acceptors (Lipinski definition) is 2. The van der Waals surface area contributed by atoms with Crippen molar-refractivity contribution in [3.8, 4) is 0 Å². The lowest BCUT2D eigenvalue weighted by Crippen LogP contribution is -2.36. The van der Waals surface area contributed by atoms with Gasteiger partial charge in [0.25, 0.3) is 0 Å². The lowest BCUT2D eigenvalue weighted by molar-refractivity contribution is -0.137. The van der Waals surface area contributed by atoms with Crippen LogP contribution in [0, 0.1) is 6.92 Å². The molecule has 3 aromatic rings. The average molecular weight is 475 g/mol. The molecular weight excluding hydrogens is 449 g/mol. The molecule has 0 unspecified atom stereocenters. The van der Waals surface area contributed by atoms with E-state index in [1.54, 1.807) is 13.1 Å². The Kier molecular flexibility index (Phi) is 8.16. The molecule has 7 heteroatoms. The molecule has 0 fully saturated rings. The van der Waals surface area contributed by atoms with Crippen molar-refractivity contribution in [1.82, 2.24) is 10.6 Å². The van der Waals surface area contributed by atoms with E-state index in [4.69, 9.17) is 11.6 Å². The summed E-state index contributed by atoms with van der Waals surface area (Å²) in [5, 5.41) is 6.61. The van der Waals surface area contributed by atoms with Crippen molar-refractivity contribution in [1.29, 1.82) is 0 Å². The molecule has 3 nitrogen and oxygen atoms in total. The number of carbonyl (C=O) groups excluding carboxylic acids is 1. The highest BCUT2D eigenvalue weighted by atomic mass is 35.5. The standard InChI is InChI=1S/C26H26ClF3N2O/c1-17-16-20(10-13-23(17)27)22(18-8-11-21(12-9-18)26(28,29)30)14-15-32-24(25(33)31-2)19-6-4-3-5-7-19/h3-13,16,22,24,32H,14-15H2,1-2H3,(H,31,33)/t22-,24+/m0/s1. The van der Waals surface area contributed by atoms with Gasteiger partial charge >= 0.3 is 6.18 Å². The van der Waals surface area contributed by atoms with E-state index in [2.05, 4.69) is 10.6 Å². The number of nitrogens with one attached hydrogen (secondary N) is 2. The topological polar surface area (TPSA) is 41.1 Å². The van der Waals surface area contributed by atoms with Crippen LogP contribution in [0.3, 0.4) is 0 Å². The van der Waals surface area contributed by atoms with Crippen LogP contribution in [0.5, 0.6) is 0 Å². The molecule has 0 heterocycles. The molecule has 0 spiro atoms. The van der Waals surface area contributed by atoms with Crippen LogP contribution in [-0.4, -0.2) is 19.5 Å². The van der Waals surface area contributed by atoms with Gasteiger partial charge in [0.15, 0.2) is 0 Å². The van der Waals surface area contributed by atoms with Gasteiger partial charge in [0.2, 0.25) is 5.91 Å². The summed E-state index contributed by atoms with van der Waals surface area (Å²) in [6.45, 7) is 2.37. The fraction of sp³-hybridized carbons (Fsp3) is 0.269. The van der Waals surface area contributed by atoms with Gasteiger partial charge in [-0.1, -0.05) is 66.2 Å². The zero-order valence-electron chi connectivity index (χ0n) is 18.4. The number of aryl methyl sites for hydroxylation is 1. The van der Waals surface area contributed by atoms with Crippen molar-refractivity contribution in [2.24, 2.45) is 0 Å². The number of amides is 1. The van der Waals surface area contributed by atoms with Gasteiger partial charge in [-0.2, -0.15) is 13.2 Å². The number of likely N-dealkylation sites (N-methyl/N-ethyl adjacent to an activating group) is 1. The maximum absolute atomic E-state index is 13.0. The van der Waals surface area contributed by atoms with Crippen LogP contribution in [-0.2, 0) is 11.0 Å². The number of halogens is 4. The van der Waals surface area contributed by atoms with E-state index < -0.39 is 17.8 Å². The smallest absolute Gasteiger partial charge is 0.358 e. The third kappa shape index (κ3) is 6.36. The Labute approximate surface area is 197 Å². The van der Waals surface area contributed by atoms with Crippen molar-refractivity contribution >= 4 is 17.5 Å². The van der Waals surface area contributed by atoms with Crippen LogP contribution in [0.4, 0.5) is 13.2 Å². The Morgan fingerprint density at radius 3 is 2.15 bits per heavy atom. The summed E-state index contributed by atoms with van der Waals surface area (Å²) >= 11 is 6.19. The fourth-order valence-corrected chi connectivity index (χ4v) is 3.96. The largest absolute Gasteiger partial charge is 0.416 e. The molecule has 2 N–H and O–H groups in total. The summed E-state index contributed by atoms with van der Waals surface area (Å²) in [6.07, 6.45) is -3.81. The van der Waals surface area contributed by atoms with E-state index in [9.17, 15) is 18.0 Å². The fourth-order valence-electron chi connectivity index (χ4n) is 3.84. The molecule has 1 amide bonds. The van der Waals surface area contributed by atoms with Gasteiger partial charge in [-0.15, -0.1) is 0 Å². The summed E-state index contributed by atoms with van der Waals surface area (Å²) in [4.78, 5) is 12.4. The minimum absolute atomic E-state index is 0.158. The Morgan fingerprint density at radius 2 is 1.58 bits per heavy atom. The quantitative estimate of drug-likeness (QED) is 0.404. The van der Waals surface area contributed by atoms with Crippen LogP contribution in [0.15, 0.2) is 72.8 Å². The second-order valence-electron chi connectivity index (χ2n) is 7.88. The van der Waals surface area contributed by atoms with E-state index in [0.717, 1.165) is 34.4 Å². The summed E-state index contributed by atoms with van der Waals surface area (Å²) in [5.74, 6) is -0.327. The van der Waals surface area contributed by atoms with E-state index in [-0.39, 0.29) is 11.8 Å². The highest BCUT2D eigenvalue weighted by molar-refractivity contribution is 6.31. The number of hydrogen-bond donors (Lipinski definition) is 2. The van der Waals surface area contributed by atoms with Crippen LogP contribution in [0.1, 0.15) is 46.2 Å². The number of alkyl halides is 3. The van der Waals surface area contributed by atoms with E-state index in [1.165, 1.54) is 12.1 Å². The molecule has 0 aliphatic rings. The average Bonchev–Trinajstić information content (AvgIpc) is 2.81. The summed E-state index contributed by atoms with van der Waals surface area (Å²) < 4.78 is 39.1. The molecule has 0 bridgehead atoms. The zero-order valence-corrected chi connectivity index (χ0v) is 19.2.